The van der Waals surface area contributed by atoms with Crippen molar-refractivity contribution in [3.05, 3.63) is 60.2 Å². The number of aromatic nitrogens is 2. The van der Waals surface area contributed by atoms with Gasteiger partial charge in [-0.1, -0.05) is 77.8 Å². The number of carbonyl (C=O) groups excluding carboxylic acids is 7. The monoisotopic (exact) mass is 786 g/mol. The molecule has 2 heterocycles. The minimum Gasteiger partial charge on any atom is -0.460 e. The molecule has 1 saturated carbocycles. The van der Waals surface area contributed by atoms with Crippen LogP contribution in [0, 0.1) is 41.4 Å². The van der Waals surface area contributed by atoms with Crippen LogP contribution in [0.1, 0.15) is 123 Å². The van der Waals surface area contributed by atoms with Crippen LogP contribution in [0.3, 0.4) is 0 Å². The zero-order valence-electron chi connectivity index (χ0n) is 35.0. The smallest absolute Gasteiger partial charge is 0.310 e. The average Bonchev–Trinajstić information content (AvgIpc) is 3.76. The van der Waals surface area contributed by atoms with Crippen molar-refractivity contribution in [3.8, 4) is 0 Å². The number of ether oxygens (including phenoxy) is 1. The summed E-state index contributed by atoms with van der Waals surface area (Å²) in [6, 6.07) is 7.50. The first-order valence-electron chi connectivity index (χ1n) is 20.7. The number of carbonyl (C=O) groups is 7. The lowest BCUT2D eigenvalue weighted by Crippen LogP contribution is -2.56. The molecule has 7 atom stereocenters. The molecule has 12 heteroatoms. The Labute approximate surface area is 337 Å². The van der Waals surface area contributed by atoms with Crippen molar-refractivity contribution in [2.75, 3.05) is 6.54 Å². The topological polar surface area (TPSA) is 170 Å². The second-order valence-corrected chi connectivity index (χ2v) is 17.7. The number of amides is 2. The molecule has 0 bridgehead atoms. The number of ketones is 4. The number of hydrogen-bond donors (Lipinski definition) is 1. The summed E-state index contributed by atoms with van der Waals surface area (Å²) in [5.74, 6) is -6.41. The van der Waals surface area contributed by atoms with Gasteiger partial charge in [0.25, 0.3) is 0 Å². The van der Waals surface area contributed by atoms with Crippen molar-refractivity contribution in [1.82, 2.24) is 20.2 Å². The first-order valence-corrected chi connectivity index (χ1v) is 20.7. The van der Waals surface area contributed by atoms with E-state index in [4.69, 9.17) is 4.74 Å². The summed E-state index contributed by atoms with van der Waals surface area (Å²) in [4.78, 5) is 106. The fourth-order valence-electron chi connectivity index (χ4n) is 8.39. The lowest BCUT2D eigenvalue weighted by Gasteiger charge is -2.33. The van der Waals surface area contributed by atoms with Gasteiger partial charge in [-0.25, -0.2) is 4.98 Å². The van der Waals surface area contributed by atoms with Gasteiger partial charge >= 0.3 is 5.97 Å². The van der Waals surface area contributed by atoms with E-state index in [0.717, 1.165) is 24.8 Å². The van der Waals surface area contributed by atoms with E-state index in [1.807, 2.05) is 65.0 Å². The number of fused-ring (bicyclic) bond motifs is 1. The predicted octanol–water partition coefficient (Wildman–Crippen LogP) is 6.19. The number of likely N-dealkylation sites (tertiary alicyclic amines) is 1. The molecule has 310 valence electrons. The van der Waals surface area contributed by atoms with E-state index in [9.17, 15) is 33.6 Å². The highest BCUT2D eigenvalue weighted by Gasteiger charge is 2.51. The molecule has 57 heavy (non-hydrogen) atoms. The van der Waals surface area contributed by atoms with Crippen LogP contribution >= 0.6 is 0 Å². The number of rotatable bonds is 20. The molecule has 2 aliphatic rings. The molecule has 2 fully saturated rings. The van der Waals surface area contributed by atoms with Crippen LogP contribution in [-0.4, -0.2) is 80.0 Å². The number of esters is 1. The Bertz CT molecular complexity index is 1740. The first-order chi connectivity index (χ1) is 26.9. The lowest BCUT2D eigenvalue weighted by molar-refractivity contribution is -0.161. The fourth-order valence-corrected chi connectivity index (χ4v) is 8.39. The Hall–Kier alpha value is -4.61. The highest BCUT2D eigenvalue weighted by Crippen LogP contribution is 2.44. The van der Waals surface area contributed by atoms with Crippen LogP contribution in [0.2, 0.25) is 0 Å². The van der Waals surface area contributed by atoms with E-state index in [1.165, 1.54) is 18.6 Å². The molecule has 2 aromatic rings. The maximum absolute atomic E-state index is 14.5. The van der Waals surface area contributed by atoms with Crippen LogP contribution in [-0.2, 0) is 39.9 Å². The zero-order valence-corrected chi connectivity index (χ0v) is 35.0. The highest BCUT2D eigenvalue weighted by molar-refractivity contribution is 6.38. The minimum atomic E-state index is -0.955. The second-order valence-electron chi connectivity index (χ2n) is 17.7. The third-order valence-corrected chi connectivity index (χ3v) is 11.4. The van der Waals surface area contributed by atoms with Crippen molar-refractivity contribution >= 4 is 40.9 Å². The summed E-state index contributed by atoms with van der Waals surface area (Å²) < 4.78 is 5.65. The summed E-state index contributed by atoms with van der Waals surface area (Å²) in [6.07, 6.45) is 7.20. The van der Waals surface area contributed by atoms with Gasteiger partial charge in [0.05, 0.1) is 18.2 Å². The van der Waals surface area contributed by atoms with Crippen molar-refractivity contribution < 1.29 is 38.3 Å². The van der Waals surface area contributed by atoms with Crippen molar-refractivity contribution in [3.63, 3.8) is 0 Å². The second kappa shape index (κ2) is 20.2. The lowest BCUT2D eigenvalue weighted by atomic mass is 9.83. The SMILES string of the molecule is CCCC(CC(=O)C1[C@@H]2CCC[C@@H]2CN1C(=O)[C@@H](NC(=O)[C@@H](CC(=O)c1cnccn1)C(C)C)C(C)C)C(=O)C(=O)C[C@@H](Cc1ccccc1)C(=O)OC(C)(C)C. The van der Waals surface area contributed by atoms with Gasteiger partial charge in [-0.2, -0.15) is 0 Å². The molecular formula is C45H62N4O8. The van der Waals surface area contributed by atoms with E-state index < -0.39 is 58.9 Å². The molecule has 1 aliphatic carbocycles. The van der Waals surface area contributed by atoms with Crippen molar-refractivity contribution in [1.29, 1.82) is 0 Å². The summed E-state index contributed by atoms with van der Waals surface area (Å²) in [5.41, 5.74) is 0.204. The first kappa shape index (κ1) is 45.1. The van der Waals surface area contributed by atoms with Gasteiger partial charge < -0.3 is 15.0 Å². The van der Waals surface area contributed by atoms with E-state index >= 15 is 0 Å². The Morgan fingerprint density at radius 2 is 1.60 bits per heavy atom. The van der Waals surface area contributed by atoms with E-state index in [0.29, 0.717) is 19.4 Å². The van der Waals surface area contributed by atoms with Crippen molar-refractivity contribution in [2.24, 2.45) is 41.4 Å². The van der Waals surface area contributed by atoms with Crippen molar-refractivity contribution in [2.45, 2.75) is 131 Å². The van der Waals surface area contributed by atoms with E-state index in [-0.39, 0.29) is 72.5 Å². The van der Waals surface area contributed by atoms with Crippen LogP contribution in [0.25, 0.3) is 0 Å². The number of nitrogens with zero attached hydrogens (tertiary/aromatic N) is 3. The summed E-state index contributed by atoms with van der Waals surface area (Å²) in [5, 5.41) is 2.94. The number of hydrogen-bond acceptors (Lipinski definition) is 10. The van der Waals surface area contributed by atoms with Crippen LogP contribution < -0.4 is 5.32 Å². The molecule has 1 aromatic carbocycles. The van der Waals surface area contributed by atoms with Gasteiger partial charge in [-0.3, -0.25) is 38.5 Å². The average molecular weight is 787 g/mol. The van der Waals surface area contributed by atoms with Crippen LogP contribution in [0.15, 0.2) is 48.9 Å². The Morgan fingerprint density at radius 3 is 2.19 bits per heavy atom. The van der Waals surface area contributed by atoms with Gasteiger partial charge in [-0.05, 0) is 75.7 Å². The maximum atomic E-state index is 14.5. The highest BCUT2D eigenvalue weighted by atomic mass is 16.6. The molecule has 0 spiro atoms. The summed E-state index contributed by atoms with van der Waals surface area (Å²) >= 11 is 0. The van der Waals surface area contributed by atoms with Gasteiger partial charge in [0, 0.05) is 50.0 Å². The summed E-state index contributed by atoms with van der Waals surface area (Å²) in [6.45, 7) is 14.8. The molecule has 1 aliphatic heterocycles. The third kappa shape index (κ3) is 12.2. The molecule has 4 rings (SSSR count). The van der Waals surface area contributed by atoms with E-state index in [1.54, 1.807) is 25.7 Å². The minimum absolute atomic E-state index is 0.0894. The largest absolute Gasteiger partial charge is 0.460 e. The predicted molar refractivity (Wildman–Crippen MR) is 215 cm³/mol. The van der Waals surface area contributed by atoms with Gasteiger partial charge in [0.1, 0.15) is 17.3 Å². The molecule has 2 amide bonds. The molecule has 1 N–H and O–H groups in total. The van der Waals surface area contributed by atoms with Crippen LogP contribution in [0.5, 0.6) is 0 Å². The third-order valence-electron chi connectivity index (χ3n) is 11.4. The van der Waals surface area contributed by atoms with Gasteiger partial charge in [-0.15, -0.1) is 0 Å². The Kier molecular flexibility index (Phi) is 16.0. The molecule has 1 saturated heterocycles. The molecule has 12 nitrogen and oxygen atoms in total. The normalized spacial score (nSPS) is 20.0. The molecule has 0 radical (unpaired) electrons. The molecule has 1 aromatic heterocycles. The number of benzene rings is 1. The quantitative estimate of drug-likeness (QED) is 0.0928. The number of Topliss-reactive ketones (excluding diaryl/α,β-unsaturated/α-hetero) is 4. The molecular weight excluding hydrogens is 725 g/mol. The van der Waals surface area contributed by atoms with Gasteiger partial charge in [0.2, 0.25) is 17.6 Å². The Balaban J connectivity index is 1.52. The fraction of sp³-hybridized carbons (Fsp3) is 0.622. The number of nitrogens with one attached hydrogen (secondary N) is 1. The standard InChI is InChI=1S/C45H62N4O8/c1-9-14-30(41(53)38(52)23-32(44(56)57-45(6,7)8)21-29-15-11-10-12-16-29)22-37(51)40-33-18-13-17-31(33)26-49(40)43(55)39(28(4)5)48-42(54)34(27(2)3)24-36(50)35-25-46-19-20-47-35/h10-12,15-16,19-20,25,27-28,30-34,39-40H,9,13-14,17-18,21-24,26H2,1-8H3,(H,48,54)/t30?,31-,32-,33-,34+,39+,40?/m1/s1. The molecule has 2 unspecified atom stereocenters. The maximum Gasteiger partial charge on any atom is 0.310 e. The zero-order chi connectivity index (χ0) is 42.0. The van der Waals surface area contributed by atoms with Gasteiger partial charge in [0.15, 0.2) is 17.3 Å². The summed E-state index contributed by atoms with van der Waals surface area (Å²) in [7, 11) is 0. The Morgan fingerprint density at radius 1 is 0.895 bits per heavy atom. The van der Waals surface area contributed by atoms with Crippen LogP contribution in [0.4, 0.5) is 0 Å². The van der Waals surface area contributed by atoms with E-state index in [2.05, 4.69) is 15.3 Å².